The van der Waals surface area contributed by atoms with Crippen LogP contribution in [-0.4, -0.2) is 226 Å². The molecule has 0 spiro atoms. The number of carboxylic acid groups (broad SMARTS) is 1. The predicted molar refractivity (Wildman–Crippen MR) is 377 cm³/mol. The van der Waals surface area contributed by atoms with Gasteiger partial charge in [-0.3, -0.25) is 77.1 Å². The van der Waals surface area contributed by atoms with E-state index in [0.717, 1.165) is 0 Å². The van der Waals surface area contributed by atoms with Crippen molar-refractivity contribution >= 4 is 94.7 Å². The van der Waals surface area contributed by atoms with Crippen LogP contribution in [0.4, 0.5) is 0 Å². The molecule has 13 atom stereocenters. The number of aliphatic imine (C=N–C) groups is 2. The molecule has 39 nitrogen and oxygen atoms in total. The van der Waals surface area contributed by atoms with Crippen molar-refractivity contribution < 1.29 is 87.5 Å². The molecule has 0 aromatic heterocycles. The van der Waals surface area contributed by atoms with E-state index in [2.05, 4.69) is 73.8 Å². The molecule has 0 heterocycles. The van der Waals surface area contributed by atoms with E-state index in [9.17, 15) is 87.5 Å². The maximum Gasteiger partial charge on any atom is 0.325 e. The van der Waals surface area contributed by atoms with Crippen molar-refractivity contribution in [2.45, 2.75) is 218 Å². The summed E-state index contributed by atoms with van der Waals surface area (Å²) < 4.78 is 0. The molecule has 1 aromatic carbocycles. The van der Waals surface area contributed by atoms with E-state index in [-0.39, 0.29) is 119 Å². The second-order valence-corrected chi connectivity index (χ2v) is 26.2. The number of unbranched alkanes of at least 4 members (excludes halogenated alkanes) is 1. The summed E-state index contributed by atoms with van der Waals surface area (Å²) in [4.78, 5) is 198. The Morgan fingerprint density at radius 3 is 1.09 bits per heavy atom. The third-order valence-electron chi connectivity index (χ3n) is 15.4. The van der Waals surface area contributed by atoms with Crippen LogP contribution in [0.2, 0.25) is 0 Å². The smallest absolute Gasteiger partial charge is 0.325 e. The minimum atomic E-state index is -1.78. The van der Waals surface area contributed by atoms with Crippen molar-refractivity contribution in [1.82, 2.24) is 63.8 Å². The van der Waals surface area contributed by atoms with Crippen LogP contribution in [0.1, 0.15) is 139 Å². The normalized spacial score (nSPS) is 14.9. The maximum absolute atomic E-state index is 14.4. The number of hydrogen-bond acceptors (Lipinski definition) is 21. The van der Waals surface area contributed by atoms with Gasteiger partial charge in [-0.1, -0.05) is 53.7 Å². The molecule has 0 aliphatic carbocycles. The van der Waals surface area contributed by atoms with Crippen molar-refractivity contribution in [3.05, 3.63) is 29.8 Å². The van der Waals surface area contributed by atoms with Gasteiger partial charge in [0.1, 0.15) is 84.3 Å². The van der Waals surface area contributed by atoms with Gasteiger partial charge in [0, 0.05) is 19.5 Å². The van der Waals surface area contributed by atoms with Crippen molar-refractivity contribution in [3.63, 3.8) is 0 Å². The zero-order valence-electron chi connectivity index (χ0n) is 60.0. The average molecular weight is 1460 g/mol. The molecule has 0 aliphatic heterocycles. The minimum Gasteiger partial charge on any atom is -0.508 e. The Kier molecular flexibility index (Phi) is 41.7. The first kappa shape index (κ1) is 91.0. The number of nitrogens with zero attached hydrogens (tertiary/aromatic N) is 2. The fourth-order valence-electron chi connectivity index (χ4n) is 9.82. The summed E-state index contributed by atoms with van der Waals surface area (Å²) in [5.74, 6) is -15.3. The van der Waals surface area contributed by atoms with E-state index in [0.29, 0.717) is 12.0 Å². The van der Waals surface area contributed by atoms with Gasteiger partial charge in [0.05, 0.1) is 19.6 Å². The summed E-state index contributed by atoms with van der Waals surface area (Å²) in [5.41, 5.74) is 39.2. The number of aliphatic hydroxyl groups excluding tert-OH is 2. The molecule has 580 valence electrons. The van der Waals surface area contributed by atoms with Gasteiger partial charge in [-0.2, -0.15) is 0 Å². The molecule has 1 rings (SSSR count). The summed E-state index contributed by atoms with van der Waals surface area (Å²) in [6.45, 7) is 12.5. The van der Waals surface area contributed by atoms with Crippen molar-refractivity contribution in [1.29, 1.82) is 0 Å². The number of hydrogen-bond donors (Lipinski definition) is 23. The quantitative estimate of drug-likeness (QED) is 0.0164. The van der Waals surface area contributed by atoms with Crippen LogP contribution in [0.25, 0.3) is 0 Å². The number of amides is 13. The second-order valence-electron chi connectivity index (χ2n) is 26.2. The molecule has 0 fully saturated rings. The van der Waals surface area contributed by atoms with Crippen molar-refractivity contribution in [2.24, 2.45) is 67.9 Å². The predicted octanol–water partition coefficient (Wildman–Crippen LogP) is -7.54. The van der Waals surface area contributed by atoms with Gasteiger partial charge in [0.2, 0.25) is 76.8 Å². The van der Waals surface area contributed by atoms with Gasteiger partial charge in [0.25, 0.3) is 0 Å². The zero-order valence-corrected chi connectivity index (χ0v) is 60.0. The number of benzene rings is 1. The van der Waals surface area contributed by atoms with E-state index < -0.39 is 181 Å². The van der Waals surface area contributed by atoms with Crippen LogP contribution in [0.5, 0.6) is 5.75 Å². The number of phenolic OH excluding ortho intramolecular Hbond substituents is 1. The number of carbonyl (C=O) groups excluding carboxylic acids is 13. The Labute approximate surface area is 598 Å². The molecule has 30 N–H and O–H groups in total. The summed E-state index contributed by atoms with van der Waals surface area (Å²) in [6, 6.07) is -13.6. The standard InChI is InChI=1S/C64H111N21O18/c1-31(2)24-43(56(96)74-35(8)51(91)80-47(28-49(67)89)60(100)78-41(15-12-22-72-63(68)69)54(94)83-44(25-32(3)4)57(97)76-36(9)62(102)103)82-53(93)40(14-10-11-21-65)77-50(90)34(7)75-58(98)46(27-37-17-19-38(88)20-18-37)84-55(95)42(16-13-23-73-64(70)71)79-61(101)48(30-87)85-59(99)45(26-33(5)6)81-52(92)39(66)29-86/h17-20,31-36,39-48,86-88H,10-16,21-30,65-66H2,1-9H3,(H2,67,89)(H,74,96)(H,75,98)(H,76,97)(H,77,90)(H,78,100)(H,79,101)(H,80,91)(H,81,92)(H,82,93)(H,83,94)(H,84,95)(H,85,99)(H,102,103)(H4,68,69,72)(H4,70,71,73)/t34-,35-,36-,39-,40-,41-,42-,43-,44-,45-,46-,47-,48-/m0/s1. The molecule has 0 saturated carbocycles. The Hall–Kier alpha value is -10.0. The fraction of sp³-hybridized carbons (Fsp3) is 0.656. The number of primary amides is 1. The number of nitrogens with two attached hydrogens (primary N) is 7. The van der Waals surface area contributed by atoms with Gasteiger partial charge in [0.15, 0.2) is 11.9 Å². The first-order valence-corrected chi connectivity index (χ1v) is 34.0. The molecule has 103 heavy (non-hydrogen) atoms. The monoisotopic (exact) mass is 1460 g/mol. The molecule has 13 amide bonds. The zero-order chi connectivity index (χ0) is 78.4. The minimum absolute atomic E-state index is 0.0242. The fourth-order valence-corrected chi connectivity index (χ4v) is 9.82. The lowest BCUT2D eigenvalue weighted by atomic mass is 10.0. The Morgan fingerprint density at radius 1 is 0.388 bits per heavy atom. The number of guanidine groups is 2. The molecule has 0 bridgehead atoms. The average Bonchev–Trinajstić information content (AvgIpc) is 0.864. The molecule has 0 radical (unpaired) electrons. The lowest BCUT2D eigenvalue weighted by molar-refractivity contribution is -0.142. The number of carboxylic acids is 1. The molecular formula is C64H111N21O18. The molecule has 1 aromatic rings. The summed E-state index contributed by atoms with van der Waals surface area (Å²) in [6.07, 6.45) is -0.782. The van der Waals surface area contributed by atoms with Crippen LogP contribution >= 0.6 is 0 Å². The van der Waals surface area contributed by atoms with Crippen LogP contribution < -0.4 is 104 Å². The van der Waals surface area contributed by atoms with E-state index >= 15 is 0 Å². The van der Waals surface area contributed by atoms with E-state index in [4.69, 9.17) is 40.1 Å². The number of aliphatic carboxylic acids is 1. The first-order valence-electron chi connectivity index (χ1n) is 34.0. The SMILES string of the molecule is CC(C)C[C@H](NC(=O)[C@H](CCCN=C(N)N)NC(=O)[C@H](CC(N)=O)NC(=O)[C@H](C)NC(=O)[C@H](CC(C)C)NC(=O)[C@H](CCCCN)NC(=O)[C@H](C)NC(=O)[C@H](Cc1ccc(O)cc1)NC(=O)[C@H](CCCN=C(N)N)NC(=O)[C@H](CO)NC(=O)[C@H](CC(C)C)NC(=O)[C@@H](N)CO)C(=O)N[C@@H](C)C(=O)O. The van der Waals surface area contributed by atoms with Gasteiger partial charge < -0.3 is 124 Å². The second kappa shape index (κ2) is 47.2. The maximum atomic E-state index is 14.4. The molecular weight excluding hydrogens is 1350 g/mol. The van der Waals surface area contributed by atoms with Crippen LogP contribution in [0.15, 0.2) is 34.3 Å². The highest BCUT2D eigenvalue weighted by Crippen LogP contribution is 2.15. The highest BCUT2D eigenvalue weighted by atomic mass is 16.4. The number of aromatic hydroxyl groups is 1. The molecule has 0 aliphatic rings. The van der Waals surface area contributed by atoms with Crippen LogP contribution in [0.3, 0.4) is 0 Å². The lowest BCUT2D eigenvalue weighted by Gasteiger charge is -2.28. The topological polar surface area (TPSA) is 671 Å². The van der Waals surface area contributed by atoms with Gasteiger partial charge in [-0.05, 0) is 127 Å². The molecule has 0 unspecified atom stereocenters. The van der Waals surface area contributed by atoms with Gasteiger partial charge in [-0.15, -0.1) is 0 Å². The van der Waals surface area contributed by atoms with Crippen LogP contribution in [-0.2, 0) is 73.5 Å². The third-order valence-corrected chi connectivity index (χ3v) is 15.4. The third kappa shape index (κ3) is 36.4. The van der Waals surface area contributed by atoms with Crippen molar-refractivity contribution in [2.75, 3.05) is 32.8 Å². The Morgan fingerprint density at radius 2 is 0.709 bits per heavy atom. The number of nitrogens with one attached hydrogen (secondary N) is 12. The molecule has 39 heteroatoms. The lowest BCUT2D eigenvalue weighted by Crippen LogP contribution is -2.61. The Bertz CT molecular complexity index is 3060. The summed E-state index contributed by atoms with van der Waals surface area (Å²) >= 11 is 0. The number of aliphatic hydroxyl groups is 2. The Balaban J connectivity index is 3.58. The number of carbonyl (C=O) groups is 14. The van der Waals surface area contributed by atoms with Crippen molar-refractivity contribution in [3.8, 4) is 5.75 Å². The van der Waals surface area contributed by atoms with Gasteiger partial charge >= 0.3 is 5.97 Å². The molecule has 0 saturated heterocycles. The number of phenols is 1. The highest BCUT2D eigenvalue weighted by Gasteiger charge is 2.37. The van der Waals surface area contributed by atoms with E-state index in [1.165, 1.54) is 45.0 Å². The van der Waals surface area contributed by atoms with Gasteiger partial charge in [-0.25, -0.2) is 0 Å². The van der Waals surface area contributed by atoms with E-state index in [1.54, 1.807) is 41.5 Å². The summed E-state index contributed by atoms with van der Waals surface area (Å²) in [7, 11) is 0. The summed E-state index contributed by atoms with van der Waals surface area (Å²) in [5, 5.41) is 68.9. The number of rotatable bonds is 49. The van der Waals surface area contributed by atoms with E-state index in [1.807, 2.05) is 0 Å². The largest absolute Gasteiger partial charge is 0.508 e. The first-order chi connectivity index (χ1) is 48.2. The highest BCUT2D eigenvalue weighted by molar-refractivity contribution is 6.00. The van der Waals surface area contributed by atoms with Crippen LogP contribution in [0, 0.1) is 17.8 Å².